The molecule has 1 amide bonds. The molecule has 31 heavy (non-hydrogen) atoms. The minimum atomic E-state index is -0.338. The summed E-state index contributed by atoms with van der Waals surface area (Å²) in [7, 11) is 0. The Morgan fingerprint density at radius 3 is 2.55 bits per heavy atom. The van der Waals surface area contributed by atoms with Gasteiger partial charge in [0, 0.05) is 13.0 Å². The summed E-state index contributed by atoms with van der Waals surface area (Å²) in [6.45, 7) is 7.47. The van der Waals surface area contributed by atoms with Crippen molar-refractivity contribution in [1.82, 2.24) is 5.32 Å². The van der Waals surface area contributed by atoms with Gasteiger partial charge in [-0.2, -0.15) is 0 Å². The number of rotatable bonds is 6. The first-order valence-corrected chi connectivity index (χ1v) is 13.0. The van der Waals surface area contributed by atoms with Crippen molar-refractivity contribution < 1.29 is 20.1 Å². The molecule has 4 saturated carbocycles. The zero-order chi connectivity index (χ0) is 22.4. The number of hydrogen-bond acceptors (Lipinski definition) is 4. The number of aliphatic hydroxyl groups excluding tert-OH is 3. The van der Waals surface area contributed by atoms with Crippen molar-refractivity contribution in [3.8, 4) is 0 Å². The molecule has 0 saturated heterocycles. The summed E-state index contributed by atoms with van der Waals surface area (Å²) in [5, 5.41) is 36.0. The molecule has 0 heterocycles. The minimum absolute atomic E-state index is 0.126. The molecule has 0 radical (unpaired) electrons. The summed E-state index contributed by atoms with van der Waals surface area (Å²) in [5.74, 6) is 1.91. The molecule has 4 rings (SSSR count). The molecule has 0 aromatic carbocycles. The Morgan fingerprint density at radius 2 is 1.81 bits per heavy atom. The van der Waals surface area contributed by atoms with Crippen LogP contribution in [-0.2, 0) is 4.79 Å². The van der Waals surface area contributed by atoms with E-state index in [1.165, 1.54) is 0 Å². The molecule has 0 aromatic rings. The van der Waals surface area contributed by atoms with Gasteiger partial charge < -0.3 is 20.6 Å². The lowest BCUT2D eigenvalue weighted by atomic mass is 9.43. The highest BCUT2D eigenvalue weighted by Gasteiger charge is 2.65. The fourth-order valence-corrected chi connectivity index (χ4v) is 8.63. The van der Waals surface area contributed by atoms with Gasteiger partial charge in [0.1, 0.15) is 0 Å². The highest BCUT2D eigenvalue weighted by atomic mass is 16.3. The predicted octanol–water partition coefficient (Wildman–Crippen LogP) is 3.64. The van der Waals surface area contributed by atoms with Gasteiger partial charge in [0.2, 0.25) is 5.91 Å². The van der Waals surface area contributed by atoms with Crippen LogP contribution >= 0.6 is 0 Å². The molecule has 4 aliphatic carbocycles. The molecule has 0 bridgehead atoms. The van der Waals surface area contributed by atoms with Gasteiger partial charge in [-0.05, 0) is 105 Å². The van der Waals surface area contributed by atoms with E-state index < -0.39 is 0 Å². The average molecular weight is 436 g/mol. The summed E-state index contributed by atoms with van der Waals surface area (Å²) in [6, 6.07) is 0. The van der Waals surface area contributed by atoms with E-state index in [1.807, 2.05) is 0 Å². The Bertz CT molecular complexity index is 655. The van der Waals surface area contributed by atoms with Crippen molar-refractivity contribution in [2.45, 2.75) is 110 Å². The van der Waals surface area contributed by atoms with Crippen LogP contribution < -0.4 is 5.32 Å². The predicted molar refractivity (Wildman–Crippen MR) is 121 cm³/mol. The molecule has 4 N–H and O–H groups in total. The second-order valence-corrected chi connectivity index (χ2v) is 11.9. The topological polar surface area (TPSA) is 89.8 Å². The van der Waals surface area contributed by atoms with Gasteiger partial charge in [0.05, 0.1) is 18.3 Å². The van der Waals surface area contributed by atoms with Gasteiger partial charge in [-0.1, -0.05) is 20.8 Å². The lowest BCUT2D eigenvalue weighted by Crippen LogP contribution is -2.62. The number of aliphatic hydroxyl groups is 3. The van der Waals surface area contributed by atoms with Crippen LogP contribution in [0, 0.1) is 40.4 Å². The zero-order valence-electron chi connectivity index (χ0n) is 19.9. The molecule has 0 spiro atoms. The Labute approximate surface area is 188 Å². The van der Waals surface area contributed by atoms with Crippen molar-refractivity contribution in [2.24, 2.45) is 40.4 Å². The Balaban J connectivity index is 1.47. The third-order valence-corrected chi connectivity index (χ3v) is 10.5. The number of hydrogen-bond donors (Lipinski definition) is 4. The summed E-state index contributed by atoms with van der Waals surface area (Å²) in [4.78, 5) is 12.0. The maximum atomic E-state index is 12.0. The van der Waals surface area contributed by atoms with E-state index in [4.69, 9.17) is 0 Å². The van der Waals surface area contributed by atoms with Gasteiger partial charge >= 0.3 is 0 Å². The summed E-state index contributed by atoms with van der Waals surface area (Å²) >= 11 is 0. The van der Waals surface area contributed by atoms with Crippen molar-refractivity contribution in [3.05, 3.63) is 0 Å². The van der Waals surface area contributed by atoms with E-state index in [0.29, 0.717) is 30.1 Å². The van der Waals surface area contributed by atoms with E-state index in [9.17, 15) is 20.1 Å². The van der Waals surface area contributed by atoms with Crippen LogP contribution in [0.1, 0.15) is 91.4 Å². The van der Waals surface area contributed by atoms with E-state index in [1.54, 1.807) is 0 Å². The molecule has 4 fully saturated rings. The first kappa shape index (κ1) is 23.5. The molecule has 0 aromatic heterocycles. The van der Waals surface area contributed by atoms with Crippen molar-refractivity contribution in [1.29, 1.82) is 0 Å². The van der Waals surface area contributed by atoms with Crippen LogP contribution in [0.2, 0.25) is 0 Å². The molecule has 5 nitrogen and oxygen atoms in total. The van der Waals surface area contributed by atoms with Crippen molar-refractivity contribution >= 4 is 5.91 Å². The molecule has 0 aliphatic heterocycles. The smallest absolute Gasteiger partial charge is 0.219 e. The van der Waals surface area contributed by atoms with Gasteiger partial charge in [0.25, 0.3) is 0 Å². The number of carbonyl (C=O) groups excluding carboxylic acids is 1. The number of nitrogens with one attached hydrogen (secondary N) is 1. The van der Waals surface area contributed by atoms with E-state index in [0.717, 1.165) is 70.8 Å². The van der Waals surface area contributed by atoms with E-state index in [-0.39, 0.29) is 41.0 Å². The largest absolute Gasteiger partial charge is 0.393 e. The quantitative estimate of drug-likeness (QED) is 0.513. The molecule has 10 atom stereocenters. The van der Waals surface area contributed by atoms with Crippen molar-refractivity contribution in [3.63, 3.8) is 0 Å². The van der Waals surface area contributed by atoms with Crippen molar-refractivity contribution in [2.75, 3.05) is 6.54 Å². The molecule has 4 aliphatic rings. The lowest BCUT2D eigenvalue weighted by molar-refractivity contribution is -0.204. The highest BCUT2D eigenvalue weighted by Crippen LogP contribution is 2.67. The van der Waals surface area contributed by atoms with Crippen LogP contribution in [0.4, 0.5) is 0 Å². The maximum Gasteiger partial charge on any atom is 0.219 e. The maximum absolute atomic E-state index is 12.0. The molecule has 0 unspecified atom stereocenters. The monoisotopic (exact) mass is 435 g/mol. The highest BCUT2D eigenvalue weighted by molar-refractivity contribution is 5.75. The third kappa shape index (κ3) is 3.97. The van der Waals surface area contributed by atoms with Gasteiger partial charge in [-0.25, -0.2) is 0 Å². The standard InChI is InChI=1S/C26H45NO4/c1-4-12-27-23(31)7-5-6-16-8-9-19-24-20(15-22(30)26(16,19)3)25(2)11-10-18(28)13-17(25)14-21(24)29/h16-22,24,28-30H,4-15H2,1-3H3,(H,27,31)/t16-,17-,18+,19-,20-,21+,22-,24-,25-,26+/m0/s1. The van der Waals surface area contributed by atoms with Gasteiger partial charge in [-0.3, -0.25) is 4.79 Å². The molecular formula is C26H45NO4. The molecular weight excluding hydrogens is 390 g/mol. The average Bonchev–Trinajstić information content (AvgIpc) is 3.06. The summed E-state index contributed by atoms with van der Waals surface area (Å²) < 4.78 is 0. The van der Waals surface area contributed by atoms with Crippen LogP contribution in [0.3, 0.4) is 0 Å². The van der Waals surface area contributed by atoms with Crippen LogP contribution in [-0.4, -0.2) is 46.1 Å². The number of fused-ring (bicyclic) bond motifs is 5. The van der Waals surface area contributed by atoms with Crippen LogP contribution in [0.25, 0.3) is 0 Å². The zero-order valence-corrected chi connectivity index (χ0v) is 19.9. The SMILES string of the molecule is CCCNC(=O)CCC[C@H]1CC[C@H]2[C@@H]3[C@H](O)C[C@@H]4C[C@H](O)CC[C@]4(C)[C@H]3C[C@H](O)[C@]12C. The van der Waals surface area contributed by atoms with Gasteiger partial charge in [0.15, 0.2) is 0 Å². The van der Waals surface area contributed by atoms with Crippen LogP contribution in [0.5, 0.6) is 0 Å². The number of amides is 1. The first-order chi connectivity index (χ1) is 14.7. The molecule has 178 valence electrons. The number of carbonyl (C=O) groups is 1. The second kappa shape index (κ2) is 8.95. The van der Waals surface area contributed by atoms with Gasteiger partial charge in [-0.15, -0.1) is 0 Å². The van der Waals surface area contributed by atoms with Crippen LogP contribution in [0.15, 0.2) is 0 Å². The fourth-order valence-electron chi connectivity index (χ4n) is 8.63. The lowest BCUT2D eigenvalue weighted by Gasteiger charge is -2.63. The fraction of sp³-hybridized carbons (Fsp3) is 0.962. The molecule has 5 heteroatoms. The second-order valence-electron chi connectivity index (χ2n) is 11.9. The van der Waals surface area contributed by atoms with E-state index in [2.05, 4.69) is 26.1 Å². The Morgan fingerprint density at radius 1 is 1.03 bits per heavy atom. The minimum Gasteiger partial charge on any atom is -0.393 e. The summed E-state index contributed by atoms with van der Waals surface area (Å²) in [6.07, 6.45) is 8.96. The Hall–Kier alpha value is -0.650. The normalized spacial score (nSPS) is 49.1. The summed E-state index contributed by atoms with van der Waals surface area (Å²) in [5.41, 5.74) is -0.0275. The Kier molecular flexibility index (Phi) is 6.78. The van der Waals surface area contributed by atoms with E-state index >= 15 is 0 Å². The first-order valence-electron chi connectivity index (χ1n) is 13.0. The third-order valence-electron chi connectivity index (χ3n) is 10.5.